The molecule has 2 heterocycles. The van der Waals surface area contributed by atoms with Crippen molar-refractivity contribution < 1.29 is 14.1 Å². The van der Waals surface area contributed by atoms with Crippen molar-refractivity contribution in [3.8, 4) is 17.1 Å². The fraction of sp³-hybridized carbons (Fsp3) is 0.318. The van der Waals surface area contributed by atoms with E-state index in [2.05, 4.69) is 15.5 Å². The van der Waals surface area contributed by atoms with Gasteiger partial charge < -0.3 is 19.5 Å². The van der Waals surface area contributed by atoms with Crippen LogP contribution in [0.1, 0.15) is 35.9 Å². The molecule has 1 atom stereocenters. The number of hydrogen-bond donors (Lipinski definition) is 1. The fourth-order valence-electron chi connectivity index (χ4n) is 3.48. The lowest BCUT2D eigenvalue weighted by molar-refractivity contribution is 0.180. The summed E-state index contributed by atoms with van der Waals surface area (Å²) in [5.74, 6) is 1.75. The molecule has 0 aliphatic carbocycles. The highest BCUT2D eigenvalue weighted by molar-refractivity contribution is 5.75. The standard InChI is InChI=1S/C22H24N4O3/c1-15-5-7-16(8-6-15)14-23-22(27)26-13-3-4-19(26)21-24-20(25-29-21)17-9-11-18(28-2)12-10-17/h5-12,19H,3-4,13-14H2,1-2H3,(H,23,27)/t19-/m0/s1. The lowest BCUT2D eigenvalue weighted by atomic mass is 10.1. The van der Waals surface area contributed by atoms with Gasteiger partial charge in [-0.25, -0.2) is 4.79 Å². The smallest absolute Gasteiger partial charge is 0.318 e. The number of urea groups is 1. The first kappa shape index (κ1) is 19.0. The summed E-state index contributed by atoms with van der Waals surface area (Å²) in [7, 11) is 1.63. The van der Waals surface area contributed by atoms with E-state index in [0.29, 0.717) is 24.8 Å². The van der Waals surface area contributed by atoms with E-state index in [1.54, 1.807) is 12.0 Å². The predicted octanol–water partition coefficient (Wildman–Crippen LogP) is 4.10. The minimum Gasteiger partial charge on any atom is -0.497 e. The summed E-state index contributed by atoms with van der Waals surface area (Å²) >= 11 is 0. The molecule has 0 saturated carbocycles. The number of ether oxygens (including phenoxy) is 1. The summed E-state index contributed by atoms with van der Waals surface area (Å²) in [5.41, 5.74) is 3.11. The quantitative estimate of drug-likeness (QED) is 0.707. The summed E-state index contributed by atoms with van der Waals surface area (Å²) in [4.78, 5) is 19.0. The molecule has 0 bridgehead atoms. The second-order valence-electron chi connectivity index (χ2n) is 7.18. The van der Waals surface area contributed by atoms with Gasteiger partial charge in [0.05, 0.1) is 7.11 Å². The van der Waals surface area contributed by atoms with Crippen LogP contribution in [0.25, 0.3) is 11.4 Å². The summed E-state index contributed by atoms with van der Waals surface area (Å²) in [6.45, 7) is 3.20. The number of rotatable bonds is 5. The number of likely N-dealkylation sites (tertiary alicyclic amines) is 1. The molecule has 1 aromatic heterocycles. The first-order valence-corrected chi connectivity index (χ1v) is 9.72. The molecule has 1 N–H and O–H groups in total. The van der Waals surface area contributed by atoms with Crippen molar-refractivity contribution >= 4 is 6.03 Å². The van der Waals surface area contributed by atoms with Gasteiger partial charge in [-0.1, -0.05) is 35.0 Å². The first-order chi connectivity index (χ1) is 14.1. The van der Waals surface area contributed by atoms with Gasteiger partial charge in [-0.2, -0.15) is 4.98 Å². The highest BCUT2D eigenvalue weighted by Gasteiger charge is 2.34. The van der Waals surface area contributed by atoms with E-state index in [1.807, 2.05) is 55.5 Å². The predicted molar refractivity (Wildman–Crippen MR) is 108 cm³/mol. The van der Waals surface area contributed by atoms with Crippen LogP contribution in [0.3, 0.4) is 0 Å². The molecule has 7 heteroatoms. The fourth-order valence-corrected chi connectivity index (χ4v) is 3.48. The van der Waals surface area contributed by atoms with E-state index in [1.165, 1.54) is 5.56 Å². The van der Waals surface area contributed by atoms with Gasteiger partial charge in [0.2, 0.25) is 11.7 Å². The van der Waals surface area contributed by atoms with Crippen molar-refractivity contribution in [3.05, 3.63) is 65.5 Å². The molecule has 29 heavy (non-hydrogen) atoms. The second kappa shape index (κ2) is 8.34. The van der Waals surface area contributed by atoms with Gasteiger partial charge in [-0.05, 0) is 49.6 Å². The maximum absolute atomic E-state index is 12.7. The average Bonchev–Trinajstić information content (AvgIpc) is 3.43. The molecule has 0 radical (unpaired) electrons. The molecule has 0 unspecified atom stereocenters. The van der Waals surface area contributed by atoms with Crippen LogP contribution in [0.5, 0.6) is 5.75 Å². The number of carbonyl (C=O) groups excluding carboxylic acids is 1. The zero-order chi connectivity index (χ0) is 20.2. The Bertz CT molecular complexity index is 966. The molecule has 2 amide bonds. The van der Waals surface area contributed by atoms with E-state index >= 15 is 0 Å². The van der Waals surface area contributed by atoms with Crippen LogP contribution in [0, 0.1) is 6.92 Å². The average molecular weight is 392 g/mol. The van der Waals surface area contributed by atoms with Crippen LogP contribution in [-0.4, -0.2) is 34.7 Å². The minimum absolute atomic E-state index is 0.114. The Kier molecular flexibility index (Phi) is 5.46. The van der Waals surface area contributed by atoms with Crippen molar-refractivity contribution in [2.75, 3.05) is 13.7 Å². The number of nitrogens with zero attached hydrogens (tertiary/aromatic N) is 3. The molecule has 7 nitrogen and oxygen atoms in total. The van der Waals surface area contributed by atoms with Gasteiger partial charge in [0.1, 0.15) is 11.8 Å². The van der Waals surface area contributed by atoms with Crippen LogP contribution in [0.15, 0.2) is 53.1 Å². The Hall–Kier alpha value is -3.35. The summed E-state index contributed by atoms with van der Waals surface area (Å²) < 4.78 is 10.7. The number of aryl methyl sites for hydroxylation is 1. The maximum Gasteiger partial charge on any atom is 0.318 e. The minimum atomic E-state index is -0.201. The third kappa shape index (κ3) is 4.23. The molecular weight excluding hydrogens is 368 g/mol. The molecule has 150 valence electrons. The highest BCUT2D eigenvalue weighted by atomic mass is 16.5. The molecular formula is C22H24N4O3. The number of amides is 2. The lowest BCUT2D eigenvalue weighted by Gasteiger charge is -2.22. The maximum atomic E-state index is 12.7. The Morgan fingerprint density at radius 3 is 2.69 bits per heavy atom. The van der Waals surface area contributed by atoms with Crippen molar-refractivity contribution in [1.29, 1.82) is 0 Å². The number of benzene rings is 2. The van der Waals surface area contributed by atoms with E-state index in [4.69, 9.17) is 9.26 Å². The van der Waals surface area contributed by atoms with E-state index in [-0.39, 0.29) is 12.1 Å². The number of methoxy groups -OCH3 is 1. The molecule has 0 spiro atoms. The van der Waals surface area contributed by atoms with Crippen molar-refractivity contribution in [2.24, 2.45) is 0 Å². The van der Waals surface area contributed by atoms with Crippen LogP contribution in [0.2, 0.25) is 0 Å². The Morgan fingerprint density at radius 2 is 1.97 bits per heavy atom. The van der Waals surface area contributed by atoms with Gasteiger partial charge in [-0.3, -0.25) is 0 Å². The summed E-state index contributed by atoms with van der Waals surface area (Å²) in [6.07, 6.45) is 1.71. The van der Waals surface area contributed by atoms with Crippen LogP contribution in [0.4, 0.5) is 4.79 Å². The molecule has 4 rings (SSSR count). The summed E-state index contributed by atoms with van der Waals surface area (Å²) in [5, 5.41) is 7.09. The van der Waals surface area contributed by atoms with Crippen molar-refractivity contribution in [2.45, 2.75) is 32.4 Å². The van der Waals surface area contributed by atoms with Gasteiger partial charge in [0, 0.05) is 18.7 Å². The van der Waals surface area contributed by atoms with Gasteiger partial charge in [0.15, 0.2) is 0 Å². The van der Waals surface area contributed by atoms with Crippen LogP contribution in [-0.2, 0) is 6.54 Å². The second-order valence-corrected chi connectivity index (χ2v) is 7.18. The molecule has 1 fully saturated rings. The molecule has 1 aliphatic heterocycles. The van der Waals surface area contributed by atoms with Gasteiger partial charge in [-0.15, -0.1) is 0 Å². The highest BCUT2D eigenvalue weighted by Crippen LogP contribution is 2.32. The van der Waals surface area contributed by atoms with Crippen molar-refractivity contribution in [1.82, 2.24) is 20.4 Å². The lowest BCUT2D eigenvalue weighted by Crippen LogP contribution is -2.39. The Labute approximate surface area is 169 Å². The van der Waals surface area contributed by atoms with E-state index in [0.717, 1.165) is 29.7 Å². The SMILES string of the molecule is COc1ccc(-c2noc([C@@H]3CCCN3C(=O)NCc3ccc(C)cc3)n2)cc1. The van der Waals surface area contributed by atoms with Gasteiger partial charge in [0.25, 0.3) is 0 Å². The monoisotopic (exact) mass is 392 g/mol. The van der Waals surface area contributed by atoms with Crippen molar-refractivity contribution in [3.63, 3.8) is 0 Å². The Morgan fingerprint density at radius 1 is 1.21 bits per heavy atom. The van der Waals surface area contributed by atoms with Crippen LogP contribution < -0.4 is 10.1 Å². The zero-order valence-electron chi connectivity index (χ0n) is 16.6. The Balaban J connectivity index is 1.43. The molecule has 1 saturated heterocycles. The van der Waals surface area contributed by atoms with Crippen LogP contribution >= 0.6 is 0 Å². The first-order valence-electron chi connectivity index (χ1n) is 9.72. The number of hydrogen-bond acceptors (Lipinski definition) is 5. The molecule has 2 aromatic carbocycles. The third-order valence-electron chi connectivity index (χ3n) is 5.15. The topological polar surface area (TPSA) is 80.5 Å². The number of carbonyl (C=O) groups is 1. The molecule has 1 aliphatic rings. The molecule has 3 aromatic rings. The summed E-state index contributed by atoms with van der Waals surface area (Å²) in [6, 6.07) is 15.3. The van der Waals surface area contributed by atoms with Gasteiger partial charge >= 0.3 is 6.03 Å². The van der Waals surface area contributed by atoms with E-state index < -0.39 is 0 Å². The largest absolute Gasteiger partial charge is 0.497 e. The number of nitrogens with one attached hydrogen (secondary N) is 1. The number of aromatic nitrogens is 2. The zero-order valence-corrected chi connectivity index (χ0v) is 16.6. The third-order valence-corrected chi connectivity index (χ3v) is 5.15. The van der Waals surface area contributed by atoms with E-state index in [9.17, 15) is 4.79 Å². The normalized spacial score (nSPS) is 16.1.